The van der Waals surface area contributed by atoms with Gasteiger partial charge in [-0.05, 0) is 18.4 Å². The Labute approximate surface area is 156 Å². The van der Waals surface area contributed by atoms with E-state index in [1.165, 1.54) is 44.1 Å². The molecule has 0 fully saturated rings. The summed E-state index contributed by atoms with van der Waals surface area (Å²) in [5.41, 5.74) is 0. The molecule has 0 aromatic heterocycles. The third-order valence-corrected chi connectivity index (χ3v) is 6.44. The first-order valence-electron chi connectivity index (χ1n) is 6.91. The SMILES string of the molecule is CCCCCCCCNSc1c(Cl)c(Cl)c(Cl)c(Cl)c1Cl. The van der Waals surface area contributed by atoms with Crippen molar-refractivity contribution in [2.24, 2.45) is 0 Å². The highest BCUT2D eigenvalue weighted by Crippen LogP contribution is 2.47. The summed E-state index contributed by atoms with van der Waals surface area (Å²) in [6.07, 6.45) is 7.50. The van der Waals surface area contributed by atoms with Gasteiger partial charge in [0.05, 0.1) is 30.0 Å². The van der Waals surface area contributed by atoms with Gasteiger partial charge in [0, 0.05) is 6.54 Å². The summed E-state index contributed by atoms with van der Waals surface area (Å²) in [5, 5.41) is 1.31. The van der Waals surface area contributed by atoms with Gasteiger partial charge in [-0.25, -0.2) is 0 Å². The van der Waals surface area contributed by atoms with Crippen molar-refractivity contribution in [1.29, 1.82) is 0 Å². The fraction of sp³-hybridized carbons (Fsp3) is 0.571. The number of hydrogen-bond acceptors (Lipinski definition) is 2. The maximum Gasteiger partial charge on any atom is 0.0809 e. The van der Waals surface area contributed by atoms with Crippen LogP contribution in [0.4, 0.5) is 0 Å². The van der Waals surface area contributed by atoms with E-state index >= 15 is 0 Å². The van der Waals surface area contributed by atoms with Crippen LogP contribution in [0.1, 0.15) is 45.4 Å². The largest absolute Gasteiger partial charge is 0.260 e. The summed E-state index contributed by atoms with van der Waals surface area (Å²) in [6, 6.07) is 0. The van der Waals surface area contributed by atoms with Crippen LogP contribution >= 0.6 is 70.0 Å². The Bertz CT molecular complexity index is 438. The van der Waals surface area contributed by atoms with E-state index < -0.39 is 0 Å². The van der Waals surface area contributed by atoms with Crippen LogP contribution in [0, 0.1) is 0 Å². The number of unbranched alkanes of at least 4 members (excludes halogenated alkanes) is 5. The van der Waals surface area contributed by atoms with E-state index in [0.29, 0.717) is 14.9 Å². The molecule has 120 valence electrons. The third-order valence-electron chi connectivity index (χ3n) is 2.98. The van der Waals surface area contributed by atoms with Crippen molar-refractivity contribution < 1.29 is 0 Å². The first-order chi connectivity index (χ1) is 10.0. The van der Waals surface area contributed by atoms with Gasteiger partial charge in [-0.1, -0.05) is 97.0 Å². The number of halogens is 5. The molecule has 0 aliphatic carbocycles. The molecule has 0 bridgehead atoms. The Hall–Kier alpha value is 0.980. The lowest BCUT2D eigenvalue weighted by molar-refractivity contribution is 0.606. The molecule has 0 aliphatic rings. The van der Waals surface area contributed by atoms with E-state index in [2.05, 4.69) is 11.6 Å². The van der Waals surface area contributed by atoms with Crippen LogP contribution < -0.4 is 4.72 Å². The lowest BCUT2D eigenvalue weighted by Gasteiger charge is -2.12. The van der Waals surface area contributed by atoms with Gasteiger partial charge in [0.2, 0.25) is 0 Å². The van der Waals surface area contributed by atoms with E-state index in [4.69, 9.17) is 58.0 Å². The summed E-state index contributed by atoms with van der Waals surface area (Å²) >= 11 is 31.6. The average Bonchev–Trinajstić information content (AvgIpc) is 2.49. The minimum Gasteiger partial charge on any atom is -0.260 e. The van der Waals surface area contributed by atoms with Crippen LogP contribution in [0.25, 0.3) is 0 Å². The maximum absolute atomic E-state index is 6.15. The summed E-state index contributed by atoms with van der Waals surface area (Å²) in [5.74, 6) is 0. The zero-order valence-corrected chi connectivity index (χ0v) is 16.3. The molecule has 0 saturated carbocycles. The highest BCUT2D eigenvalue weighted by atomic mass is 35.5. The second kappa shape index (κ2) is 10.7. The lowest BCUT2D eigenvalue weighted by Crippen LogP contribution is -2.05. The highest BCUT2D eigenvalue weighted by Gasteiger charge is 2.19. The summed E-state index contributed by atoms with van der Waals surface area (Å²) < 4.78 is 3.24. The lowest BCUT2D eigenvalue weighted by atomic mass is 10.1. The predicted molar refractivity (Wildman–Crippen MR) is 98.7 cm³/mol. The summed E-state index contributed by atoms with van der Waals surface area (Å²) in [4.78, 5) is 0.615. The molecule has 0 heterocycles. The van der Waals surface area contributed by atoms with Gasteiger partial charge in [-0.3, -0.25) is 4.72 Å². The van der Waals surface area contributed by atoms with Crippen LogP contribution in [0.3, 0.4) is 0 Å². The van der Waals surface area contributed by atoms with Crippen molar-refractivity contribution in [3.63, 3.8) is 0 Å². The van der Waals surface area contributed by atoms with E-state index in [9.17, 15) is 0 Å². The van der Waals surface area contributed by atoms with Gasteiger partial charge in [0.1, 0.15) is 0 Å². The van der Waals surface area contributed by atoms with Gasteiger partial charge in [0.15, 0.2) is 0 Å². The second-order valence-corrected chi connectivity index (χ2v) is 7.45. The number of hydrogen-bond donors (Lipinski definition) is 1. The average molecular weight is 410 g/mol. The number of nitrogens with one attached hydrogen (secondary N) is 1. The predicted octanol–water partition coefficient (Wildman–Crippen LogP) is 7.91. The smallest absolute Gasteiger partial charge is 0.0809 e. The molecular formula is C14H18Cl5NS. The molecule has 21 heavy (non-hydrogen) atoms. The number of rotatable bonds is 9. The second-order valence-electron chi connectivity index (χ2n) is 4.66. The molecule has 0 aliphatic heterocycles. The molecule has 7 heteroatoms. The monoisotopic (exact) mass is 407 g/mol. The summed E-state index contributed by atoms with van der Waals surface area (Å²) in [7, 11) is 0. The molecule has 1 rings (SSSR count). The molecule has 1 nitrogen and oxygen atoms in total. The summed E-state index contributed by atoms with van der Waals surface area (Å²) in [6.45, 7) is 3.09. The maximum atomic E-state index is 6.15. The van der Waals surface area contributed by atoms with Gasteiger partial charge in [0.25, 0.3) is 0 Å². The zero-order chi connectivity index (χ0) is 15.8. The quantitative estimate of drug-likeness (QED) is 0.192. The topological polar surface area (TPSA) is 12.0 Å². The molecule has 1 aromatic rings. The van der Waals surface area contributed by atoms with Gasteiger partial charge in [-0.2, -0.15) is 0 Å². The van der Waals surface area contributed by atoms with Crippen LogP contribution in [-0.2, 0) is 0 Å². The highest BCUT2D eigenvalue weighted by molar-refractivity contribution is 7.97. The molecule has 0 spiro atoms. The van der Waals surface area contributed by atoms with Crippen molar-refractivity contribution in [3.8, 4) is 0 Å². The van der Waals surface area contributed by atoms with Crippen LogP contribution in [0.2, 0.25) is 25.1 Å². The minimum atomic E-state index is 0.189. The third kappa shape index (κ3) is 6.18. The zero-order valence-electron chi connectivity index (χ0n) is 11.7. The first-order valence-corrected chi connectivity index (χ1v) is 9.62. The Morgan fingerprint density at radius 2 is 1.19 bits per heavy atom. The van der Waals surface area contributed by atoms with E-state index in [0.717, 1.165) is 13.0 Å². The van der Waals surface area contributed by atoms with Crippen LogP contribution in [0.15, 0.2) is 4.90 Å². The van der Waals surface area contributed by atoms with Crippen LogP contribution in [-0.4, -0.2) is 6.54 Å². The Kier molecular flexibility index (Phi) is 10.2. The Balaban J connectivity index is 2.43. The Morgan fingerprint density at radius 1 is 0.714 bits per heavy atom. The van der Waals surface area contributed by atoms with E-state index in [-0.39, 0.29) is 15.1 Å². The number of benzene rings is 1. The van der Waals surface area contributed by atoms with Crippen molar-refractivity contribution in [1.82, 2.24) is 4.72 Å². The van der Waals surface area contributed by atoms with Gasteiger partial charge < -0.3 is 0 Å². The van der Waals surface area contributed by atoms with Crippen LogP contribution in [0.5, 0.6) is 0 Å². The molecule has 0 radical (unpaired) electrons. The minimum absolute atomic E-state index is 0.189. The van der Waals surface area contributed by atoms with E-state index in [1.807, 2.05) is 0 Å². The van der Waals surface area contributed by atoms with Gasteiger partial charge >= 0.3 is 0 Å². The molecule has 0 saturated heterocycles. The Morgan fingerprint density at radius 3 is 1.76 bits per heavy atom. The molecule has 1 aromatic carbocycles. The van der Waals surface area contributed by atoms with Crippen molar-refractivity contribution in [2.75, 3.05) is 6.54 Å². The van der Waals surface area contributed by atoms with E-state index in [1.54, 1.807) is 0 Å². The van der Waals surface area contributed by atoms with Gasteiger partial charge in [-0.15, -0.1) is 0 Å². The fourth-order valence-electron chi connectivity index (χ4n) is 1.78. The van der Waals surface area contributed by atoms with Crippen molar-refractivity contribution in [3.05, 3.63) is 25.1 Å². The fourth-order valence-corrected chi connectivity index (χ4v) is 4.03. The first kappa shape index (κ1) is 20.0. The molecule has 0 unspecified atom stereocenters. The standard InChI is InChI=1S/C14H18Cl5NS/c1-2-3-4-5-6-7-8-20-21-14-12(18)10(16)9(15)11(17)13(14)19/h20H,2-8H2,1H3. The molecule has 0 atom stereocenters. The van der Waals surface area contributed by atoms with Crippen molar-refractivity contribution in [2.45, 2.75) is 50.3 Å². The normalized spacial score (nSPS) is 11.1. The van der Waals surface area contributed by atoms with Crippen molar-refractivity contribution >= 4 is 70.0 Å². The molecule has 1 N–H and O–H groups in total. The molecule has 0 amide bonds. The molecular weight excluding hydrogens is 391 g/mol.